The number of hydrogen-bond acceptors (Lipinski definition) is 9. The van der Waals surface area contributed by atoms with Crippen molar-refractivity contribution in [2.24, 2.45) is 7.05 Å². The molecule has 0 aliphatic carbocycles. The maximum Gasteiger partial charge on any atom is 0.419 e. The summed E-state index contributed by atoms with van der Waals surface area (Å²) in [6, 6.07) is 9.96. The second-order valence-corrected chi connectivity index (χ2v) is 10.2. The van der Waals surface area contributed by atoms with E-state index in [0.29, 0.717) is 16.8 Å². The smallest absolute Gasteiger partial charge is 0.419 e. The van der Waals surface area contributed by atoms with Crippen LogP contribution in [0.3, 0.4) is 0 Å². The first kappa shape index (κ1) is 23.7. The quantitative estimate of drug-likeness (QED) is 0.356. The van der Waals surface area contributed by atoms with E-state index in [-0.39, 0.29) is 49.2 Å². The lowest BCUT2D eigenvalue weighted by atomic mass is 10.2. The number of amides is 1. The van der Waals surface area contributed by atoms with Crippen molar-refractivity contribution in [2.75, 3.05) is 32.8 Å². The van der Waals surface area contributed by atoms with Gasteiger partial charge in [-0.05, 0) is 53.2 Å². The Balaban J connectivity index is 1.20. The summed E-state index contributed by atoms with van der Waals surface area (Å²) < 4.78 is 41.5. The normalized spacial score (nSPS) is 14.9. The highest BCUT2D eigenvalue weighted by molar-refractivity contribution is 7.89. The van der Waals surface area contributed by atoms with Crippen molar-refractivity contribution in [1.29, 1.82) is 0 Å². The molecular formula is C22H23N7O6S. The molecule has 1 aliphatic rings. The fraction of sp³-hybridized carbons (Fsp3) is 0.318. The highest BCUT2D eigenvalue weighted by Gasteiger charge is 2.32. The second-order valence-electron chi connectivity index (χ2n) is 8.33. The minimum Gasteiger partial charge on any atom is -0.484 e. The largest absolute Gasteiger partial charge is 0.484 e. The zero-order chi connectivity index (χ0) is 25.4. The lowest BCUT2D eigenvalue weighted by molar-refractivity contribution is -0.134. The Morgan fingerprint density at radius 2 is 1.83 bits per heavy atom. The highest BCUT2D eigenvalue weighted by atomic mass is 32.2. The Morgan fingerprint density at radius 1 is 1.11 bits per heavy atom. The number of hydrogen-bond donors (Lipinski definition) is 0. The molecule has 13 nitrogen and oxygen atoms in total. The van der Waals surface area contributed by atoms with Crippen molar-refractivity contribution < 1.29 is 22.4 Å². The van der Waals surface area contributed by atoms with Crippen LogP contribution in [0.15, 0.2) is 56.8 Å². The Bertz CT molecular complexity index is 1570. The molecule has 5 rings (SSSR count). The number of aryl methyl sites for hydroxylation is 2. The van der Waals surface area contributed by atoms with Gasteiger partial charge < -0.3 is 14.1 Å². The maximum atomic E-state index is 13.3. The van der Waals surface area contributed by atoms with Crippen LogP contribution in [0.5, 0.6) is 5.75 Å². The van der Waals surface area contributed by atoms with E-state index in [1.165, 1.54) is 25.9 Å². The third kappa shape index (κ3) is 4.35. The average Bonchev–Trinajstić information content (AvgIpc) is 3.51. The first-order valence-electron chi connectivity index (χ1n) is 11.1. The summed E-state index contributed by atoms with van der Waals surface area (Å²) >= 11 is 0. The molecule has 0 radical (unpaired) electrons. The zero-order valence-electron chi connectivity index (χ0n) is 19.6. The number of sulfonamides is 1. The maximum absolute atomic E-state index is 13.3. The van der Waals surface area contributed by atoms with Gasteiger partial charge >= 0.3 is 5.76 Å². The number of tetrazole rings is 1. The summed E-state index contributed by atoms with van der Waals surface area (Å²) in [5, 5.41) is 11.0. The van der Waals surface area contributed by atoms with Crippen LogP contribution >= 0.6 is 0 Å². The number of carbonyl (C=O) groups is 1. The molecule has 36 heavy (non-hydrogen) atoms. The summed E-state index contributed by atoms with van der Waals surface area (Å²) in [6.07, 6.45) is 1.47. The summed E-state index contributed by atoms with van der Waals surface area (Å²) in [5.41, 5.74) is 2.00. The van der Waals surface area contributed by atoms with Gasteiger partial charge in [0.25, 0.3) is 5.91 Å². The molecule has 2 aromatic heterocycles. The van der Waals surface area contributed by atoms with E-state index in [1.54, 1.807) is 49.2 Å². The molecule has 4 aromatic rings. The first-order valence-corrected chi connectivity index (χ1v) is 12.5. The van der Waals surface area contributed by atoms with Crippen LogP contribution in [-0.2, 0) is 21.9 Å². The number of aromatic nitrogens is 5. The topological polar surface area (TPSA) is 146 Å². The lowest BCUT2D eigenvalue weighted by Gasteiger charge is -2.34. The summed E-state index contributed by atoms with van der Waals surface area (Å²) in [6.45, 7) is 2.27. The van der Waals surface area contributed by atoms with Crippen LogP contribution in [0.4, 0.5) is 0 Å². The van der Waals surface area contributed by atoms with Crippen LogP contribution in [0.2, 0.25) is 0 Å². The van der Waals surface area contributed by atoms with E-state index in [0.717, 1.165) is 5.69 Å². The Hall–Kier alpha value is -4.04. The van der Waals surface area contributed by atoms with Crippen LogP contribution in [0, 0.1) is 6.92 Å². The molecule has 0 unspecified atom stereocenters. The first-order chi connectivity index (χ1) is 17.2. The van der Waals surface area contributed by atoms with Crippen LogP contribution in [-0.4, -0.2) is 81.1 Å². The molecule has 2 aromatic carbocycles. The number of rotatable bonds is 6. The summed E-state index contributed by atoms with van der Waals surface area (Å²) in [7, 11) is -2.28. The predicted molar refractivity (Wildman–Crippen MR) is 126 cm³/mol. The van der Waals surface area contributed by atoms with E-state index in [2.05, 4.69) is 15.5 Å². The Kier molecular flexibility index (Phi) is 6.05. The lowest BCUT2D eigenvalue weighted by Crippen LogP contribution is -2.51. The van der Waals surface area contributed by atoms with Crippen LogP contribution < -0.4 is 10.5 Å². The number of ether oxygens (including phenoxy) is 1. The fourth-order valence-corrected chi connectivity index (χ4v) is 5.71. The molecule has 0 spiro atoms. The van der Waals surface area contributed by atoms with Gasteiger partial charge in [-0.1, -0.05) is 0 Å². The van der Waals surface area contributed by atoms with Crippen molar-refractivity contribution in [3.63, 3.8) is 0 Å². The highest BCUT2D eigenvalue weighted by Crippen LogP contribution is 2.26. The summed E-state index contributed by atoms with van der Waals surface area (Å²) in [5.74, 6) is -0.281. The molecule has 1 fully saturated rings. The molecule has 1 aliphatic heterocycles. The number of piperazine rings is 1. The van der Waals surface area contributed by atoms with E-state index in [9.17, 15) is 18.0 Å². The van der Waals surface area contributed by atoms with Gasteiger partial charge in [0.15, 0.2) is 12.2 Å². The van der Waals surface area contributed by atoms with Gasteiger partial charge in [-0.2, -0.15) is 4.31 Å². The third-order valence-corrected chi connectivity index (χ3v) is 8.15. The monoisotopic (exact) mass is 513 g/mol. The van der Waals surface area contributed by atoms with Gasteiger partial charge in [0.2, 0.25) is 10.0 Å². The zero-order valence-corrected chi connectivity index (χ0v) is 20.4. The van der Waals surface area contributed by atoms with E-state index in [1.807, 2.05) is 0 Å². The number of fused-ring (bicyclic) bond motifs is 1. The number of oxazole rings is 1. The predicted octanol–water partition coefficient (Wildman–Crippen LogP) is 0.328. The van der Waals surface area contributed by atoms with Crippen molar-refractivity contribution >= 4 is 27.0 Å². The fourth-order valence-electron chi connectivity index (χ4n) is 4.06. The van der Waals surface area contributed by atoms with Crippen LogP contribution in [0.25, 0.3) is 16.8 Å². The minimum atomic E-state index is -3.84. The number of carbonyl (C=O) groups excluding carboxylic acids is 1. The number of benzene rings is 2. The second kappa shape index (κ2) is 9.20. The third-order valence-electron chi connectivity index (χ3n) is 6.11. The molecular weight excluding hydrogens is 490 g/mol. The Labute approximate surface area is 205 Å². The van der Waals surface area contributed by atoms with Gasteiger partial charge in [-0.15, -0.1) is 5.10 Å². The SMILES string of the molecule is Cc1cc2c(cc1S(=O)(=O)N1CCN(C(=O)COc3ccc(-n4cnnn4)cc3)CC1)oc(=O)n2C. The van der Waals surface area contributed by atoms with E-state index >= 15 is 0 Å². The van der Waals surface area contributed by atoms with Gasteiger partial charge in [0.1, 0.15) is 12.1 Å². The Morgan fingerprint density at radius 3 is 2.50 bits per heavy atom. The van der Waals surface area contributed by atoms with Gasteiger partial charge in [-0.25, -0.2) is 17.9 Å². The molecule has 1 amide bonds. The van der Waals surface area contributed by atoms with Crippen molar-refractivity contribution in [3.05, 3.63) is 58.8 Å². The molecule has 3 heterocycles. The molecule has 1 saturated heterocycles. The number of nitrogens with zero attached hydrogens (tertiary/aromatic N) is 7. The standard InChI is InChI=1S/C22H23N7O6S/c1-15-11-18-19(35-22(31)26(18)2)12-20(15)36(32,33)28-9-7-27(8-10-28)21(30)13-34-17-5-3-16(4-6-17)29-14-23-24-25-29/h3-6,11-12,14H,7-10,13H2,1-2H3. The summed E-state index contributed by atoms with van der Waals surface area (Å²) in [4.78, 5) is 26.1. The molecule has 0 N–H and O–H groups in total. The van der Waals surface area contributed by atoms with Crippen molar-refractivity contribution in [2.45, 2.75) is 11.8 Å². The van der Waals surface area contributed by atoms with E-state index < -0.39 is 15.8 Å². The van der Waals surface area contributed by atoms with Gasteiger partial charge in [-0.3, -0.25) is 9.36 Å². The minimum absolute atomic E-state index is 0.0811. The molecule has 0 bridgehead atoms. The average molecular weight is 514 g/mol. The molecule has 0 saturated carbocycles. The van der Waals surface area contributed by atoms with E-state index in [4.69, 9.17) is 9.15 Å². The van der Waals surface area contributed by atoms with Crippen molar-refractivity contribution in [1.82, 2.24) is 34.0 Å². The molecule has 188 valence electrons. The van der Waals surface area contributed by atoms with Crippen molar-refractivity contribution in [3.8, 4) is 11.4 Å². The molecule has 14 heteroatoms. The van der Waals surface area contributed by atoms with Gasteiger partial charge in [0, 0.05) is 39.3 Å². The molecule has 0 atom stereocenters. The van der Waals surface area contributed by atoms with Crippen LogP contribution in [0.1, 0.15) is 5.56 Å². The van der Waals surface area contributed by atoms with Gasteiger partial charge in [0.05, 0.1) is 16.1 Å².